The number of amides is 1. The maximum absolute atomic E-state index is 12.6. The van der Waals surface area contributed by atoms with Gasteiger partial charge in [0.1, 0.15) is 5.76 Å². The smallest absolute Gasteiger partial charge is 0.295 e. The number of Topliss-reactive ketones (excluding diaryl/α,β-unsaturated/α-hetero) is 1. The molecule has 6 heteroatoms. The lowest BCUT2D eigenvalue weighted by atomic mass is 9.96. The van der Waals surface area contributed by atoms with Crippen LogP contribution in [0.4, 0.5) is 0 Å². The average molecular weight is 357 g/mol. The molecule has 1 atom stereocenters. The molecule has 1 aromatic carbocycles. The van der Waals surface area contributed by atoms with Gasteiger partial charge in [0.25, 0.3) is 11.7 Å². The fraction of sp³-hybridized carbons (Fsp3) is 0.211. The molecule has 2 aromatic rings. The normalized spacial score (nSPS) is 19.4. The van der Waals surface area contributed by atoms with E-state index in [1.807, 2.05) is 6.92 Å². The summed E-state index contributed by atoms with van der Waals surface area (Å²) in [4.78, 5) is 30.6. The lowest BCUT2D eigenvalue weighted by Crippen LogP contribution is -2.30. The fourth-order valence-electron chi connectivity index (χ4n) is 3.01. The Bertz CT molecular complexity index is 832. The van der Waals surface area contributed by atoms with Gasteiger partial charge >= 0.3 is 0 Å². The Morgan fingerprint density at radius 2 is 1.80 bits per heavy atom. The van der Waals surface area contributed by atoms with Crippen LogP contribution in [0.15, 0.2) is 54.4 Å². The standard InChI is InChI=1S/C19H17ClN2O3/c1-2-11-22-16(12-7-9-21-10-8-12)15(18(24)19(22)25)17(23)13-3-5-14(20)6-4-13/h3-10,16,23H,2,11H2,1H3/b17-15-. The van der Waals surface area contributed by atoms with E-state index >= 15 is 0 Å². The highest BCUT2D eigenvalue weighted by Gasteiger charge is 2.45. The second-order valence-corrected chi connectivity index (χ2v) is 6.22. The van der Waals surface area contributed by atoms with Crippen LogP contribution in [0.2, 0.25) is 5.02 Å². The molecule has 1 saturated heterocycles. The van der Waals surface area contributed by atoms with Gasteiger partial charge in [0.15, 0.2) is 0 Å². The number of benzene rings is 1. The van der Waals surface area contributed by atoms with Crippen LogP contribution in [0.3, 0.4) is 0 Å². The molecule has 1 aromatic heterocycles. The van der Waals surface area contributed by atoms with Gasteiger partial charge < -0.3 is 10.0 Å². The third-order valence-corrected chi connectivity index (χ3v) is 4.40. The van der Waals surface area contributed by atoms with E-state index in [9.17, 15) is 14.7 Å². The third kappa shape index (κ3) is 3.15. The number of carbonyl (C=O) groups excluding carboxylic acids is 2. The molecule has 0 saturated carbocycles. The van der Waals surface area contributed by atoms with E-state index < -0.39 is 17.7 Å². The number of pyridine rings is 1. The Morgan fingerprint density at radius 1 is 1.16 bits per heavy atom. The number of rotatable bonds is 4. The van der Waals surface area contributed by atoms with Gasteiger partial charge in [-0.15, -0.1) is 0 Å². The number of ketones is 1. The van der Waals surface area contributed by atoms with Gasteiger partial charge in [-0.3, -0.25) is 14.6 Å². The molecule has 3 rings (SSSR count). The van der Waals surface area contributed by atoms with E-state index in [1.165, 1.54) is 4.90 Å². The zero-order valence-electron chi connectivity index (χ0n) is 13.6. The largest absolute Gasteiger partial charge is 0.507 e. The summed E-state index contributed by atoms with van der Waals surface area (Å²) in [5.41, 5.74) is 1.27. The van der Waals surface area contributed by atoms with Crippen molar-refractivity contribution >= 4 is 29.1 Å². The zero-order chi connectivity index (χ0) is 18.0. The van der Waals surface area contributed by atoms with Crippen LogP contribution in [0.25, 0.3) is 5.76 Å². The predicted molar refractivity (Wildman–Crippen MR) is 95.0 cm³/mol. The summed E-state index contributed by atoms with van der Waals surface area (Å²) in [6.07, 6.45) is 3.91. The monoisotopic (exact) mass is 356 g/mol. The molecule has 1 unspecified atom stereocenters. The number of carbonyl (C=O) groups is 2. The van der Waals surface area contributed by atoms with E-state index in [1.54, 1.807) is 48.8 Å². The minimum absolute atomic E-state index is 0.0898. The second kappa shape index (κ2) is 7.07. The second-order valence-electron chi connectivity index (χ2n) is 5.78. The highest BCUT2D eigenvalue weighted by atomic mass is 35.5. The Kier molecular flexibility index (Phi) is 4.86. The van der Waals surface area contributed by atoms with E-state index in [2.05, 4.69) is 4.98 Å². The van der Waals surface area contributed by atoms with Crippen molar-refractivity contribution in [3.63, 3.8) is 0 Å². The first kappa shape index (κ1) is 17.2. The molecule has 1 amide bonds. The van der Waals surface area contributed by atoms with Crippen LogP contribution in [0.1, 0.15) is 30.5 Å². The minimum atomic E-state index is -0.678. The number of aliphatic hydroxyl groups excluding tert-OH is 1. The molecule has 128 valence electrons. The predicted octanol–water partition coefficient (Wildman–Crippen LogP) is 3.57. The van der Waals surface area contributed by atoms with Gasteiger partial charge in [-0.1, -0.05) is 18.5 Å². The summed E-state index contributed by atoms with van der Waals surface area (Å²) in [5.74, 6) is -1.47. The van der Waals surface area contributed by atoms with Gasteiger partial charge in [0, 0.05) is 29.5 Å². The quantitative estimate of drug-likeness (QED) is 0.516. The van der Waals surface area contributed by atoms with Crippen molar-refractivity contribution in [2.75, 3.05) is 6.54 Å². The first-order valence-electron chi connectivity index (χ1n) is 7.99. The number of aromatic nitrogens is 1. The zero-order valence-corrected chi connectivity index (χ0v) is 14.4. The Balaban J connectivity index is 2.17. The maximum Gasteiger partial charge on any atom is 0.295 e. The average Bonchev–Trinajstić information content (AvgIpc) is 2.88. The molecule has 1 aliphatic heterocycles. The highest BCUT2D eigenvalue weighted by molar-refractivity contribution is 6.46. The number of likely N-dealkylation sites (tertiary alicyclic amines) is 1. The summed E-state index contributed by atoms with van der Waals surface area (Å²) < 4.78 is 0. The Labute approximate surface area is 150 Å². The van der Waals surface area contributed by atoms with Crippen LogP contribution < -0.4 is 0 Å². The highest BCUT2D eigenvalue weighted by Crippen LogP contribution is 2.39. The number of nitrogens with zero attached hydrogens (tertiary/aromatic N) is 2. The van der Waals surface area contributed by atoms with Crippen molar-refractivity contribution in [3.8, 4) is 0 Å². The van der Waals surface area contributed by atoms with E-state index in [4.69, 9.17) is 11.6 Å². The number of hydrogen-bond acceptors (Lipinski definition) is 4. The van der Waals surface area contributed by atoms with Crippen LogP contribution in [-0.2, 0) is 9.59 Å². The molecule has 25 heavy (non-hydrogen) atoms. The van der Waals surface area contributed by atoms with Crippen LogP contribution in [0.5, 0.6) is 0 Å². The molecule has 1 fully saturated rings. The molecule has 2 heterocycles. The number of hydrogen-bond donors (Lipinski definition) is 1. The van der Waals surface area contributed by atoms with Crippen molar-refractivity contribution < 1.29 is 14.7 Å². The lowest BCUT2D eigenvalue weighted by molar-refractivity contribution is -0.139. The van der Waals surface area contributed by atoms with Crippen molar-refractivity contribution in [3.05, 3.63) is 70.5 Å². The van der Waals surface area contributed by atoms with Crippen molar-refractivity contribution in [2.24, 2.45) is 0 Å². The molecule has 0 radical (unpaired) electrons. The van der Waals surface area contributed by atoms with Crippen molar-refractivity contribution in [1.82, 2.24) is 9.88 Å². The van der Waals surface area contributed by atoms with E-state index in [-0.39, 0.29) is 11.3 Å². The topological polar surface area (TPSA) is 70.5 Å². The third-order valence-electron chi connectivity index (χ3n) is 4.14. The molecular weight excluding hydrogens is 340 g/mol. The first-order chi connectivity index (χ1) is 12.0. The van der Waals surface area contributed by atoms with Gasteiger partial charge in [0.2, 0.25) is 0 Å². The summed E-state index contributed by atoms with van der Waals surface area (Å²) in [5, 5.41) is 11.3. The molecule has 0 aliphatic carbocycles. The Hall–Kier alpha value is -2.66. The molecule has 1 aliphatic rings. The van der Waals surface area contributed by atoms with Gasteiger partial charge in [-0.2, -0.15) is 0 Å². The number of halogens is 1. The summed E-state index contributed by atoms with van der Waals surface area (Å²) in [7, 11) is 0. The fourth-order valence-corrected chi connectivity index (χ4v) is 3.13. The summed E-state index contributed by atoms with van der Waals surface area (Å²) in [6, 6.07) is 9.35. The van der Waals surface area contributed by atoms with Crippen molar-refractivity contribution in [2.45, 2.75) is 19.4 Å². The van der Waals surface area contributed by atoms with Gasteiger partial charge in [0.05, 0.1) is 11.6 Å². The maximum atomic E-state index is 12.6. The first-order valence-corrected chi connectivity index (χ1v) is 8.36. The molecule has 5 nitrogen and oxygen atoms in total. The Morgan fingerprint density at radius 3 is 2.40 bits per heavy atom. The minimum Gasteiger partial charge on any atom is -0.507 e. The van der Waals surface area contributed by atoms with Crippen LogP contribution in [-0.4, -0.2) is 33.2 Å². The SMILES string of the molecule is CCCN1C(=O)C(=O)/C(=C(\O)c2ccc(Cl)cc2)C1c1ccncc1. The summed E-state index contributed by atoms with van der Waals surface area (Å²) in [6.45, 7) is 2.36. The van der Waals surface area contributed by atoms with Gasteiger partial charge in [-0.05, 0) is 48.4 Å². The molecule has 1 N–H and O–H groups in total. The molecule has 0 spiro atoms. The lowest BCUT2D eigenvalue weighted by Gasteiger charge is -2.24. The van der Waals surface area contributed by atoms with Crippen LogP contribution >= 0.6 is 11.6 Å². The van der Waals surface area contributed by atoms with Crippen LogP contribution in [0, 0.1) is 0 Å². The molecular formula is C19H17ClN2O3. The van der Waals surface area contributed by atoms with E-state index in [0.29, 0.717) is 23.6 Å². The van der Waals surface area contributed by atoms with Gasteiger partial charge in [-0.25, -0.2) is 0 Å². The summed E-state index contributed by atoms with van der Waals surface area (Å²) >= 11 is 5.88. The molecule has 0 bridgehead atoms. The van der Waals surface area contributed by atoms with E-state index in [0.717, 1.165) is 5.56 Å². The number of aliphatic hydroxyl groups is 1. The van der Waals surface area contributed by atoms with Crippen molar-refractivity contribution in [1.29, 1.82) is 0 Å².